The van der Waals surface area contributed by atoms with Crippen LogP contribution in [0.3, 0.4) is 0 Å². The number of anilines is 1. The number of hydrogen-bond donors (Lipinski definition) is 0. The van der Waals surface area contributed by atoms with E-state index in [9.17, 15) is 18.0 Å². The van der Waals surface area contributed by atoms with Crippen molar-refractivity contribution < 1.29 is 18.0 Å². The van der Waals surface area contributed by atoms with Crippen molar-refractivity contribution in [3.8, 4) is 0 Å². The smallest absolute Gasteiger partial charge is 0.243 e. The number of amides is 2. The van der Waals surface area contributed by atoms with Crippen LogP contribution in [0.2, 0.25) is 0 Å². The van der Waals surface area contributed by atoms with Crippen molar-refractivity contribution in [1.29, 1.82) is 0 Å². The van der Waals surface area contributed by atoms with Gasteiger partial charge in [0.15, 0.2) is 0 Å². The fourth-order valence-electron chi connectivity index (χ4n) is 4.66. The zero-order chi connectivity index (χ0) is 24.3. The Labute approximate surface area is 202 Å². The van der Waals surface area contributed by atoms with Gasteiger partial charge in [0, 0.05) is 38.3 Å². The number of carbonyl (C=O) groups is 2. The lowest BCUT2D eigenvalue weighted by Gasteiger charge is -2.32. The third-order valence-corrected chi connectivity index (χ3v) is 8.77. The number of aryl methyl sites for hydroxylation is 1. The van der Waals surface area contributed by atoms with Gasteiger partial charge in [-0.05, 0) is 61.4 Å². The van der Waals surface area contributed by atoms with Crippen molar-refractivity contribution in [3.63, 3.8) is 0 Å². The van der Waals surface area contributed by atoms with Crippen molar-refractivity contribution in [3.05, 3.63) is 59.7 Å². The Balaban J connectivity index is 1.52. The molecule has 2 aromatic rings. The molecule has 0 atom stereocenters. The number of fused-ring (bicyclic) bond motifs is 1. The van der Waals surface area contributed by atoms with Gasteiger partial charge in [-0.15, -0.1) is 0 Å². The molecular weight excluding hydrogens is 450 g/mol. The van der Waals surface area contributed by atoms with Crippen LogP contribution in [0.5, 0.6) is 0 Å². The van der Waals surface area contributed by atoms with Crippen molar-refractivity contribution in [2.45, 2.75) is 51.0 Å². The predicted molar refractivity (Wildman–Crippen MR) is 132 cm³/mol. The van der Waals surface area contributed by atoms with Crippen LogP contribution in [-0.2, 0) is 32.6 Å². The average molecular weight is 484 g/mol. The van der Waals surface area contributed by atoms with E-state index in [0.717, 1.165) is 24.0 Å². The molecule has 2 amide bonds. The Bertz CT molecular complexity index is 1140. The molecule has 0 aromatic heterocycles. The van der Waals surface area contributed by atoms with E-state index in [1.54, 1.807) is 27.4 Å². The van der Waals surface area contributed by atoms with Gasteiger partial charge >= 0.3 is 0 Å². The lowest BCUT2D eigenvalue weighted by molar-refractivity contribution is -0.131. The summed E-state index contributed by atoms with van der Waals surface area (Å²) in [6, 6.07) is 14.7. The molecule has 0 bridgehead atoms. The van der Waals surface area contributed by atoms with Crippen molar-refractivity contribution in [1.82, 2.24) is 9.21 Å². The summed E-state index contributed by atoms with van der Waals surface area (Å²) in [5.41, 5.74) is 2.46. The summed E-state index contributed by atoms with van der Waals surface area (Å²) in [6.45, 7) is 6.11. The Morgan fingerprint density at radius 1 is 1.06 bits per heavy atom. The quantitative estimate of drug-likeness (QED) is 0.605. The molecule has 1 fully saturated rings. The highest BCUT2D eigenvalue weighted by atomic mass is 32.2. The molecule has 2 aliphatic heterocycles. The summed E-state index contributed by atoms with van der Waals surface area (Å²) in [5.74, 6) is 0.292. The van der Waals surface area contributed by atoms with Gasteiger partial charge in [-0.25, -0.2) is 8.42 Å². The Morgan fingerprint density at radius 3 is 2.44 bits per heavy atom. The van der Waals surface area contributed by atoms with Gasteiger partial charge in [-0.3, -0.25) is 9.59 Å². The molecule has 2 aromatic carbocycles. The SMILES string of the molecule is CCN(Cc1ccccc1)C(=O)CN1C(=O)CCc2cc(S(=O)(=O)N3CCC(C)CC3)ccc21. The van der Waals surface area contributed by atoms with E-state index in [2.05, 4.69) is 6.92 Å². The Hall–Kier alpha value is -2.71. The van der Waals surface area contributed by atoms with Crippen LogP contribution in [0.4, 0.5) is 5.69 Å². The number of likely N-dealkylation sites (N-methyl/N-ethyl adjacent to an activating group) is 1. The maximum absolute atomic E-state index is 13.2. The second-order valence-corrected chi connectivity index (χ2v) is 11.2. The first-order chi connectivity index (χ1) is 16.3. The maximum atomic E-state index is 13.2. The maximum Gasteiger partial charge on any atom is 0.243 e. The topological polar surface area (TPSA) is 78.0 Å². The second kappa shape index (κ2) is 10.3. The van der Waals surface area contributed by atoms with Gasteiger partial charge in [-0.2, -0.15) is 4.31 Å². The van der Waals surface area contributed by atoms with E-state index in [0.29, 0.717) is 44.2 Å². The molecule has 1 saturated heterocycles. The summed E-state index contributed by atoms with van der Waals surface area (Å²) < 4.78 is 27.9. The van der Waals surface area contributed by atoms with E-state index in [4.69, 9.17) is 0 Å². The third kappa shape index (κ3) is 5.18. The normalized spacial score (nSPS) is 17.5. The van der Waals surface area contributed by atoms with E-state index >= 15 is 0 Å². The summed E-state index contributed by atoms with van der Waals surface area (Å²) in [4.78, 5) is 29.3. The third-order valence-electron chi connectivity index (χ3n) is 6.88. The molecule has 34 heavy (non-hydrogen) atoms. The first-order valence-electron chi connectivity index (χ1n) is 12.0. The first-order valence-corrected chi connectivity index (χ1v) is 13.5. The second-order valence-electron chi connectivity index (χ2n) is 9.25. The van der Waals surface area contributed by atoms with Crippen LogP contribution >= 0.6 is 0 Å². The van der Waals surface area contributed by atoms with Gasteiger partial charge in [0.25, 0.3) is 0 Å². The molecule has 0 radical (unpaired) electrons. The predicted octanol–water partition coefficient (Wildman–Crippen LogP) is 3.44. The summed E-state index contributed by atoms with van der Waals surface area (Å²) in [5, 5.41) is 0. The molecule has 8 heteroatoms. The molecular formula is C26H33N3O4S. The highest BCUT2D eigenvalue weighted by Crippen LogP contribution is 2.32. The summed E-state index contributed by atoms with van der Waals surface area (Å²) >= 11 is 0. The van der Waals surface area contributed by atoms with Gasteiger partial charge in [-0.1, -0.05) is 37.3 Å². The highest BCUT2D eigenvalue weighted by Gasteiger charge is 2.32. The number of hydrogen-bond acceptors (Lipinski definition) is 4. The van der Waals surface area contributed by atoms with Crippen LogP contribution in [-0.4, -0.2) is 55.6 Å². The van der Waals surface area contributed by atoms with E-state index in [1.165, 1.54) is 4.90 Å². The van der Waals surface area contributed by atoms with E-state index < -0.39 is 10.0 Å². The zero-order valence-electron chi connectivity index (χ0n) is 19.9. The van der Waals surface area contributed by atoms with Crippen LogP contribution in [0.1, 0.15) is 44.2 Å². The number of rotatable bonds is 7. The molecule has 0 N–H and O–H groups in total. The molecule has 2 aliphatic rings. The largest absolute Gasteiger partial charge is 0.337 e. The number of benzene rings is 2. The minimum atomic E-state index is -3.57. The van der Waals surface area contributed by atoms with Gasteiger partial charge in [0.2, 0.25) is 21.8 Å². The van der Waals surface area contributed by atoms with Crippen LogP contribution < -0.4 is 4.90 Å². The number of piperidine rings is 1. The number of carbonyl (C=O) groups excluding carboxylic acids is 2. The molecule has 182 valence electrons. The van der Waals surface area contributed by atoms with Gasteiger partial charge in [0.05, 0.1) is 4.90 Å². The average Bonchev–Trinajstić information content (AvgIpc) is 2.84. The number of sulfonamides is 1. The Morgan fingerprint density at radius 2 is 1.76 bits per heavy atom. The van der Waals surface area contributed by atoms with Gasteiger partial charge in [0.1, 0.15) is 6.54 Å². The van der Waals surface area contributed by atoms with Crippen molar-refractivity contribution in [2.75, 3.05) is 31.1 Å². The first kappa shape index (κ1) is 24.4. The fourth-order valence-corrected chi connectivity index (χ4v) is 6.18. The molecule has 0 aliphatic carbocycles. The zero-order valence-corrected chi connectivity index (χ0v) is 20.8. The van der Waals surface area contributed by atoms with E-state index in [1.807, 2.05) is 37.3 Å². The van der Waals surface area contributed by atoms with Crippen LogP contribution in [0, 0.1) is 5.92 Å². The Kier molecular flexibility index (Phi) is 7.38. The minimum Gasteiger partial charge on any atom is -0.337 e. The van der Waals surface area contributed by atoms with Crippen LogP contribution in [0.15, 0.2) is 53.4 Å². The number of nitrogens with zero attached hydrogens (tertiary/aromatic N) is 3. The fraction of sp³-hybridized carbons (Fsp3) is 0.462. The summed E-state index contributed by atoms with van der Waals surface area (Å²) in [7, 11) is -3.57. The van der Waals surface area contributed by atoms with Crippen molar-refractivity contribution >= 4 is 27.5 Å². The molecule has 0 unspecified atom stereocenters. The molecule has 7 nitrogen and oxygen atoms in total. The molecule has 4 rings (SSSR count). The van der Waals surface area contributed by atoms with Gasteiger partial charge < -0.3 is 9.80 Å². The van der Waals surface area contributed by atoms with Crippen LogP contribution in [0.25, 0.3) is 0 Å². The lowest BCUT2D eigenvalue weighted by atomic mass is 10.0. The monoisotopic (exact) mass is 483 g/mol. The lowest BCUT2D eigenvalue weighted by Crippen LogP contribution is -2.44. The molecule has 2 heterocycles. The highest BCUT2D eigenvalue weighted by molar-refractivity contribution is 7.89. The summed E-state index contributed by atoms with van der Waals surface area (Å²) in [6.07, 6.45) is 2.47. The van der Waals surface area contributed by atoms with E-state index in [-0.39, 0.29) is 29.7 Å². The minimum absolute atomic E-state index is 0.0530. The molecule has 0 spiro atoms. The standard InChI is InChI=1S/C26H33N3O4S/c1-3-27(18-21-7-5-4-6-8-21)26(31)19-29-24-11-10-23(17-22(24)9-12-25(29)30)34(32,33)28-15-13-20(2)14-16-28/h4-8,10-11,17,20H,3,9,12-16,18-19H2,1-2H3. The molecule has 0 saturated carbocycles. The van der Waals surface area contributed by atoms with Crippen molar-refractivity contribution in [2.24, 2.45) is 5.92 Å².